The lowest BCUT2D eigenvalue weighted by atomic mass is 9.92. The quantitative estimate of drug-likeness (QED) is 0.584. The molecule has 0 aromatic heterocycles. The van der Waals surface area contributed by atoms with E-state index in [2.05, 4.69) is 0 Å². The Balaban J connectivity index is 2.06. The molecule has 4 nitrogen and oxygen atoms in total. The maximum absolute atomic E-state index is 10.4. The van der Waals surface area contributed by atoms with Crippen LogP contribution in [0.3, 0.4) is 0 Å². The number of hydrogen-bond acceptors (Lipinski definition) is 4. The molecule has 0 N–H and O–H groups in total. The van der Waals surface area contributed by atoms with Crippen LogP contribution >= 0.6 is 0 Å². The van der Waals surface area contributed by atoms with Crippen LogP contribution in [0.15, 0.2) is 0 Å². The number of carbonyl (C=O) groups is 1. The molecule has 0 unspecified atom stereocenters. The minimum Gasteiger partial charge on any atom is -0.381 e. The van der Waals surface area contributed by atoms with Crippen molar-refractivity contribution in [2.24, 2.45) is 5.92 Å². The largest absolute Gasteiger partial charge is 0.381 e. The summed E-state index contributed by atoms with van der Waals surface area (Å²) in [5.74, 6) is -0.444. The fraction of sp³-hybridized carbons (Fsp3) is 0.889. The van der Waals surface area contributed by atoms with E-state index in [0.717, 1.165) is 12.7 Å². The van der Waals surface area contributed by atoms with Crippen molar-refractivity contribution in [2.45, 2.75) is 18.6 Å². The Kier molecular flexibility index (Phi) is 2.62. The maximum atomic E-state index is 10.4. The lowest BCUT2D eigenvalue weighted by Crippen LogP contribution is -2.46. The molecule has 2 aliphatic rings. The summed E-state index contributed by atoms with van der Waals surface area (Å²) in [7, 11) is 0. The maximum Gasteiger partial charge on any atom is 0.176 e. The average molecular weight is 186 g/mol. The highest BCUT2D eigenvalue weighted by molar-refractivity contribution is 5.50. The Morgan fingerprint density at radius 2 is 2.08 bits per heavy atom. The second kappa shape index (κ2) is 3.74. The molecule has 2 saturated heterocycles. The predicted octanol–water partition coefficient (Wildman–Crippen LogP) is 0.355. The summed E-state index contributed by atoms with van der Waals surface area (Å²) < 4.78 is 16.5. The van der Waals surface area contributed by atoms with E-state index in [1.165, 1.54) is 0 Å². The van der Waals surface area contributed by atoms with Crippen LogP contribution in [0.5, 0.6) is 0 Å². The van der Waals surface area contributed by atoms with Gasteiger partial charge in [0.25, 0.3) is 0 Å². The third-order valence-corrected chi connectivity index (χ3v) is 2.69. The van der Waals surface area contributed by atoms with E-state index in [-0.39, 0.29) is 5.92 Å². The summed E-state index contributed by atoms with van der Waals surface area (Å²) in [4.78, 5) is 10.4. The molecule has 2 aliphatic heterocycles. The van der Waals surface area contributed by atoms with Gasteiger partial charge in [-0.05, 0) is 0 Å². The van der Waals surface area contributed by atoms with E-state index in [1.54, 1.807) is 0 Å². The summed E-state index contributed by atoms with van der Waals surface area (Å²) in [5, 5.41) is 0. The number of aldehydes is 1. The van der Waals surface area contributed by atoms with E-state index < -0.39 is 5.79 Å². The predicted molar refractivity (Wildman–Crippen MR) is 44.2 cm³/mol. The van der Waals surface area contributed by atoms with Crippen LogP contribution in [0.1, 0.15) is 12.8 Å². The number of ether oxygens (including phenoxy) is 3. The van der Waals surface area contributed by atoms with Crippen LogP contribution < -0.4 is 0 Å². The standard InChI is InChI=1S/C9H14O4/c10-3-1-8-7-11-4-2-9(8)12-5-6-13-9/h3,8H,1-2,4-7H2/t8-/m0/s1. The van der Waals surface area contributed by atoms with Gasteiger partial charge in [0, 0.05) is 18.8 Å². The van der Waals surface area contributed by atoms with Gasteiger partial charge in [-0.25, -0.2) is 0 Å². The normalized spacial score (nSPS) is 32.2. The first-order valence-corrected chi connectivity index (χ1v) is 4.67. The Labute approximate surface area is 77.1 Å². The Bertz CT molecular complexity index is 186. The molecule has 0 aliphatic carbocycles. The molecular weight excluding hydrogens is 172 g/mol. The highest BCUT2D eigenvalue weighted by Gasteiger charge is 2.46. The van der Waals surface area contributed by atoms with Gasteiger partial charge in [-0.2, -0.15) is 0 Å². The lowest BCUT2D eigenvalue weighted by Gasteiger charge is -2.38. The van der Waals surface area contributed by atoms with E-state index in [1.807, 2.05) is 0 Å². The van der Waals surface area contributed by atoms with Crippen LogP contribution in [0.2, 0.25) is 0 Å². The molecule has 1 atom stereocenters. The molecule has 0 saturated carbocycles. The van der Waals surface area contributed by atoms with Crippen molar-refractivity contribution in [3.63, 3.8) is 0 Å². The van der Waals surface area contributed by atoms with Crippen molar-refractivity contribution in [2.75, 3.05) is 26.4 Å². The molecule has 0 radical (unpaired) electrons. The van der Waals surface area contributed by atoms with Crippen molar-refractivity contribution < 1.29 is 19.0 Å². The molecule has 2 rings (SSSR count). The van der Waals surface area contributed by atoms with Gasteiger partial charge in [-0.15, -0.1) is 0 Å². The minimum atomic E-state index is -0.515. The number of carbonyl (C=O) groups excluding carboxylic acids is 1. The van der Waals surface area contributed by atoms with Gasteiger partial charge in [0.05, 0.1) is 26.4 Å². The zero-order chi connectivity index (χ0) is 9.15. The zero-order valence-corrected chi connectivity index (χ0v) is 7.53. The van der Waals surface area contributed by atoms with Crippen molar-refractivity contribution in [1.82, 2.24) is 0 Å². The number of rotatable bonds is 2. The summed E-state index contributed by atoms with van der Waals surface area (Å²) >= 11 is 0. The fourth-order valence-electron chi connectivity index (χ4n) is 1.99. The summed E-state index contributed by atoms with van der Waals surface area (Å²) in [6.07, 6.45) is 2.11. The van der Waals surface area contributed by atoms with E-state index in [0.29, 0.717) is 32.8 Å². The monoisotopic (exact) mass is 186 g/mol. The van der Waals surface area contributed by atoms with E-state index >= 15 is 0 Å². The molecule has 0 amide bonds. The zero-order valence-electron chi connectivity index (χ0n) is 7.53. The van der Waals surface area contributed by atoms with Crippen molar-refractivity contribution in [3.8, 4) is 0 Å². The van der Waals surface area contributed by atoms with Crippen LogP contribution in [0, 0.1) is 5.92 Å². The van der Waals surface area contributed by atoms with E-state index in [4.69, 9.17) is 14.2 Å². The molecule has 1 spiro atoms. The van der Waals surface area contributed by atoms with Gasteiger partial charge in [0.1, 0.15) is 6.29 Å². The van der Waals surface area contributed by atoms with Gasteiger partial charge < -0.3 is 19.0 Å². The Morgan fingerprint density at radius 3 is 2.77 bits per heavy atom. The molecule has 4 heteroatoms. The fourth-order valence-corrected chi connectivity index (χ4v) is 1.99. The highest BCUT2D eigenvalue weighted by Crippen LogP contribution is 2.36. The summed E-state index contributed by atoms with van der Waals surface area (Å²) in [6, 6.07) is 0. The SMILES string of the molecule is O=CC[C@H]1COCCC12OCCO2. The van der Waals surface area contributed by atoms with Crippen LogP contribution in [0.4, 0.5) is 0 Å². The smallest absolute Gasteiger partial charge is 0.176 e. The van der Waals surface area contributed by atoms with Crippen molar-refractivity contribution in [3.05, 3.63) is 0 Å². The molecule has 0 bridgehead atoms. The summed E-state index contributed by atoms with van der Waals surface area (Å²) in [5.41, 5.74) is 0. The lowest BCUT2D eigenvalue weighted by molar-refractivity contribution is -0.239. The molecule has 0 aromatic rings. The van der Waals surface area contributed by atoms with Crippen LogP contribution in [-0.4, -0.2) is 38.5 Å². The highest BCUT2D eigenvalue weighted by atomic mass is 16.7. The van der Waals surface area contributed by atoms with Crippen molar-refractivity contribution in [1.29, 1.82) is 0 Å². The molecule has 13 heavy (non-hydrogen) atoms. The molecule has 74 valence electrons. The molecule has 0 aromatic carbocycles. The second-order valence-electron chi connectivity index (χ2n) is 3.43. The average Bonchev–Trinajstić information content (AvgIpc) is 2.59. The van der Waals surface area contributed by atoms with Gasteiger partial charge in [-0.1, -0.05) is 0 Å². The number of hydrogen-bond donors (Lipinski definition) is 0. The molecular formula is C9H14O4. The first-order valence-electron chi connectivity index (χ1n) is 4.67. The van der Waals surface area contributed by atoms with Gasteiger partial charge in [0.15, 0.2) is 5.79 Å². The van der Waals surface area contributed by atoms with Crippen LogP contribution in [-0.2, 0) is 19.0 Å². The summed E-state index contributed by atoms with van der Waals surface area (Å²) in [6.45, 7) is 2.50. The molecule has 2 heterocycles. The minimum absolute atomic E-state index is 0.0706. The van der Waals surface area contributed by atoms with E-state index in [9.17, 15) is 4.79 Å². The Morgan fingerprint density at radius 1 is 1.31 bits per heavy atom. The molecule has 2 fully saturated rings. The first-order chi connectivity index (χ1) is 6.37. The third-order valence-electron chi connectivity index (χ3n) is 2.69. The Hall–Kier alpha value is -0.450. The third kappa shape index (κ3) is 1.61. The van der Waals surface area contributed by atoms with Gasteiger partial charge >= 0.3 is 0 Å². The second-order valence-corrected chi connectivity index (χ2v) is 3.43. The first kappa shape index (κ1) is 9.12. The van der Waals surface area contributed by atoms with Gasteiger partial charge in [0.2, 0.25) is 0 Å². The topological polar surface area (TPSA) is 44.8 Å². The van der Waals surface area contributed by atoms with Crippen molar-refractivity contribution >= 4 is 6.29 Å². The van der Waals surface area contributed by atoms with Crippen LogP contribution in [0.25, 0.3) is 0 Å². The van der Waals surface area contributed by atoms with Gasteiger partial charge in [-0.3, -0.25) is 0 Å².